The molecule has 148 valence electrons. The van der Waals surface area contributed by atoms with Crippen molar-refractivity contribution in [2.45, 2.75) is 13.0 Å². The fourth-order valence-electron chi connectivity index (χ4n) is 3.77. The summed E-state index contributed by atoms with van der Waals surface area (Å²) in [5, 5.41) is 1.47. The summed E-state index contributed by atoms with van der Waals surface area (Å²) in [4.78, 5) is 13.1. The van der Waals surface area contributed by atoms with Gasteiger partial charge in [-0.05, 0) is 29.3 Å². The molecule has 2 aromatic heterocycles. The van der Waals surface area contributed by atoms with Crippen molar-refractivity contribution in [3.63, 3.8) is 0 Å². The van der Waals surface area contributed by atoms with Crippen LogP contribution in [0, 0.1) is 5.82 Å². The summed E-state index contributed by atoms with van der Waals surface area (Å²) in [5.41, 5.74) is 11.2. The minimum atomic E-state index is -0.261. The first-order valence-electron chi connectivity index (χ1n) is 9.45. The second-order valence-electron chi connectivity index (χ2n) is 7.15. The summed E-state index contributed by atoms with van der Waals surface area (Å²) in [7, 11) is 0. The summed E-state index contributed by atoms with van der Waals surface area (Å²) >= 11 is 6.04. The van der Waals surface area contributed by atoms with Crippen molar-refractivity contribution in [3.8, 4) is 11.1 Å². The molecule has 4 aromatic rings. The molecule has 0 saturated carbocycles. The van der Waals surface area contributed by atoms with Crippen LogP contribution in [0.25, 0.3) is 22.2 Å². The number of allylic oxidation sites excluding steroid dienone is 1. The molecule has 0 spiro atoms. The zero-order valence-electron chi connectivity index (χ0n) is 15.9. The topological polar surface area (TPSA) is 69.1 Å². The molecule has 7 heteroatoms. The number of nitrogens with two attached hydrogens (primary N) is 1. The molecule has 30 heavy (non-hydrogen) atoms. The largest absolute Gasteiger partial charge is 0.383 e. The van der Waals surface area contributed by atoms with Gasteiger partial charge in [0, 0.05) is 41.5 Å². The molecule has 0 bridgehead atoms. The Morgan fingerprint density at radius 3 is 2.63 bits per heavy atom. The lowest BCUT2D eigenvalue weighted by Gasteiger charge is -2.07. The van der Waals surface area contributed by atoms with Crippen LogP contribution in [0.1, 0.15) is 12.0 Å². The average molecular weight is 418 g/mol. The maximum atomic E-state index is 14.1. The molecule has 0 amide bonds. The third-order valence-corrected chi connectivity index (χ3v) is 5.45. The molecular formula is C23H17ClFN5. The van der Waals surface area contributed by atoms with Crippen LogP contribution in [-0.2, 0) is 6.54 Å². The first-order chi connectivity index (χ1) is 14.6. The summed E-state index contributed by atoms with van der Waals surface area (Å²) in [6.07, 6.45) is 5.86. The van der Waals surface area contributed by atoms with Crippen LogP contribution in [0.4, 0.5) is 10.2 Å². The van der Waals surface area contributed by atoms with Gasteiger partial charge in [0.05, 0.1) is 11.1 Å². The highest BCUT2D eigenvalue weighted by atomic mass is 35.5. The highest BCUT2D eigenvalue weighted by Gasteiger charge is 2.19. The van der Waals surface area contributed by atoms with Crippen molar-refractivity contribution in [1.29, 1.82) is 0 Å². The Bertz CT molecular complexity index is 1320. The molecule has 0 atom stereocenters. The lowest BCUT2D eigenvalue weighted by Crippen LogP contribution is -2.05. The predicted octanol–water partition coefficient (Wildman–Crippen LogP) is 5.25. The normalized spacial score (nSPS) is 13.5. The zero-order valence-corrected chi connectivity index (χ0v) is 16.6. The van der Waals surface area contributed by atoms with Crippen LogP contribution < -0.4 is 5.73 Å². The molecule has 0 aliphatic carbocycles. The van der Waals surface area contributed by atoms with Gasteiger partial charge in [0.2, 0.25) is 0 Å². The number of hydrogen-bond donors (Lipinski definition) is 1. The Morgan fingerprint density at radius 2 is 1.83 bits per heavy atom. The summed E-state index contributed by atoms with van der Waals surface area (Å²) in [6.45, 7) is 0.571. The Labute approximate surface area is 177 Å². The van der Waals surface area contributed by atoms with Crippen molar-refractivity contribution < 1.29 is 4.39 Å². The van der Waals surface area contributed by atoms with E-state index in [4.69, 9.17) is 17.3 Å². The van der Waals surface area contributed by atoms with Crippen molar-refractivity contribution in [2.75, 3.05) is 5.73 Å². The molecule has 0 fully saturated rings. The number of nitrogen functional groups attached to an aromatic ring is 1. The SMILES string of the molecule is Nc1ncnc2c1c(-c1ccc(Cl)cc1)cn2CC1=CN=C(c2ccccc2F)C1. The molecule has 2 aromatic carbocycles. The lowest BCUT2D eigenvalue weighted by molar-refractivity contribution is 0.625. The number of benzene rings is 2. The number of anilines is 1. The fourth-order valence-corrected chi connectivity index (χ4v) is 3.89. The van der Waals surface area contributed by atoms with E-state index in [0.717, 1.165) is 33.4 Å². The second kappa shape index (κ2) is 7.39. The fraction of sp³-hybridized carbons (Fsp3) is 0.0870. The Hall–Kier alpha value is -3.51. The number of nitrogens with zero attached hydrogens (tertiary/aromatic N) is 4. The van der Waals surface area contributed by atoms with E-state index in [0.29, 0.717) is 29.4 Å². The average Bonchev–Trinajstić information content (AvgIpc) is 3.35. The molecule has 1 aliphatic rings. The predicted molar refractivity (Wildman–Crippen MR) is 118 cm³/mol. The molecule has 3 heterocycles. The van der Waals surface area contributed by atoms with E-state index in [2.05, 4.69) is 15.0 Å². The number of hydrogen-bond acceptors (Lipinski definition) is 4. The van der Waals surface area contributed by atoms with E-state index < -0.39 is 0 Å². The Balaban J connectivity index is 1.48. The van der Waals surface area contributed by atoms with Gasteiger partial charge in [0.25, 0.3) is 0 Å². The van der Waals surface area contributed by atoms with Gasteiger partial charge in [0.15, 0.2) is 0 Å². The van der Waals surface area contributed by atoms with Crippen LogP contribution in [0.15, 0.2) is 77.8 Å². The highest BCUT2D eigenvalue weighted by molar-refractivity contribution is 6.30. The summed E-state index contributed by atoms with van der Waals surface area (Å²) < 4.78 is 16.1. The number of aromatic nitrogens is 3. The van der Waals surface area contributed by atoms with Gasteiger partial charge in [-0.3, -0.25) is 4.99 Å². The van der Waals surface area contributed by atoms with Gasteiger partial charge in [-0.1, -0.05) is 41.9 Å². The molecular weight excluding hydrogens is 401 g/mol. The third kappa shape index (κ3) is 3.25. The van der Waals surface area contributed by atoms with Gasteiger partial charge < -0.3 is 10.3 Å². The number of fused-ring (bicyclic) bond motifs is 1. The van der Waals surface area contributed by atoms with E-state index in [-0.39, 0.29) is 5.82 Å². The van der Waals surface area contributed by atoms with Gasteiger partial charge in [0.1, 0.15) is 23.6 Å². The standard InChI is InChI=1S/C23H17ClFN5/c24-16-7-5-15(6-8-16)18-12-30(23-21(18)22(26)28-13-29-23)11-14-9-20(27-10-14)17-3-1-2-4-19(17)25/h1-8,10,12-13H,9,11H2,(H2,26,28,29). The van der Waals surface area contributed by atoms with Crippen LogP contribution >= 0.6 is 11.6 Å². The van der Waals surface area contributed by atoms with Crippen LogP contribution in [0.5, 0.6) is 0 Å². The molecule has 5 nitrogen and oxygen atoms in total. The van der Waals surface area contributed by atoms with Crippen molar-refractivity contribution in [1.82, 2.24) is 14.5 Å². The van der Waals surface area contributed by atoms with E-state index >= 15 is 0 Å². The number of halogens is 2. The van der Waals surface area contributed by atoms with Gasteiger partial charge in [-0.15, -0.1) is 0 Å². The minimum absolute atomic E-state index is 0.261. The minimum Gasteiger partial charge on any atom is -0.383 e. The smallest absolute Gasteiger partial charge is 0.146 e. The first-order valence-corrected chi connectivity index (χ1v) is 9.82. The van der Waals surface area contributed by atoms with E-state index in [9.17, 15) is 4.39 Å². The molecule has 2 N–H and O–H groups in total. The van der Waals surface area contributed by atoms with E-state index in [1.807, 2.05) is 41.1 Å². The second-order valence-corrected chi connectivity index (χ2v) is 7.59. The van der Waals surface area contributed by atoms with E-state index in [1.165, 1.54) is 12.4 Å². The summed E-state index contributed by atoms with van der Waals surface area (Å²) in [6, 6.07) is 14.3. The zero-order chi connectivity index (χ0) is 20.7. The van der Waals surface area contributed by atoms with Crippen molar-refractivity contribution in [2.24, 2.45) is 4.99 Å². The third-order valence-electron chi connectivity index (χ3n) is 5.19. The molecule has 0 radical (unpaired) electrons. The van der Waals surface area contributed by atoms with E-state index in [1.54, 1.807) is 18.3 Å². The van der Waals surface area contributed by atoms with Gasteiger partial charge in [-0.25, -0.2) is 14.4 Å². The molecule has 0 unspecified atom stereocenters. The first kappa shape index (κ1) is 18.5. The van der Waals surface area contributed by atoms with Gasteiger partial charge in [-0.2, -0.15) is 0 Å². The van der Waals surface area contributed by atoms with Crippen LogP contribution in [0.3, 0.4) is 0 Å². The maximum Gasteiger partial charge on any atom is 0.146 e. The highest BCUT2D eigenvalue weighted by Crippen LogP contribution is 2.34. The Kier molecular flexibility index (Phi) is 4.56. The van der Waals surface area contributed by atoms with Crippen LogP contribution in [0.2, 0.25) is 5.02 Å². The Morgan fingerprint density at radius 1 is 1.03 bits per heavy atom. The summed E-state index contributed by atoms with van der Waals surface area (Å²) in [5.74, 6) is 0.162. The van der Waals surface area contributed by atoms with Crippen molar-refractivity contribution >= 4 is 34.2 Å². The van der Waals surface area contributed by atoms with Crippen LogP contribution in [-0.4, -0.2) is 20.2 Å². The maximum absolute atomic E-state index is 14.1. The number of aliphatic imine (C=N–C) groups is 1. The molecule has 0 saturated heterocycles. The molecule has 1 aliphatic heterocycles. The quantitative estimate of drug-likeness (QED) is 0.493. The monoisotopic (exact) mass is 417 g/mol. The number of rotatable bonds is 4. The molecule has 5 rings (SSSR count). The van der Waals surface area contributed by atoms with Crippen molar-refractivity contribution in [3.05, 3.63) is 89.2 Å². The lowest BCUT2D eigenvalue weighted by atomic mass is 10.0. The van der Waals surface area contributed by atoms with Gasteiger partial charge >= 0.3 is 0 Å².